The predicted octanol–water partition coefficient (Wildman–Crippen LogP) is 2.89. The lowest BCUT2D eigenvalue weighted by atomic mass is 10.1. The van der Waals surface area contributed by atoms with Crippen LogP contribution in [0.25, 0.3) is 11.1 Å². The molecule has 5 rings (SSSR count). The molecule has 43 heavy (non-hydrogen) atoms. The molecule has 13 nitrogen and oxygen atoms in total. The Morgan fingerprint density at radius 2 is 1.93 bits per heavy atom. The molecule has 1 atom stereocenters. The second-order valence-corrected chi connectivity index (χ2v) is 9.91. The van der Waals surface area contributed by atoms with E-state index in [0.717, 1.165) is 44.0 Å². The Morgan fingerprint density at radius 3 is 2.65 bits per heavy atom. The van der Waals surface area contributed by atoms with Crippen molar-refractivity contribution in [3.05, 3.63) is 72.6 Å². The Kier molecular flexibility index (Phi) is 9.73. The molecule has 222 valence electrons. The fraction of sp³-hybridized carbons (Fsp3) is 0.333. The highest BCUT2D eigenvalue weighted by atomic mass is 16.5. The zero-order chi connectivity index (χ0) is 30.0. The van der Waals surface area contributed by atoms with E-state index in [4.69, 9.17) is 14.2 Å². The summed E-state index contributed by atoms with van der Waals surface area (Å²) in [5.41, 5.74) is 3.09. The summed E-state index contributed by atoms with van der Waals surface area (Å²) in [6, 6.07) is 12.7. The molecule has 0 saturated carbocycles. The van der Waals surface area contributed by atoms with Gasteiger partial charge in [-0.3, -0.25) is 9.69 Å². The summed E-state index contributed by atoms with van der Waals surface area (Å²) in [6.07, 6.45) is 6.20. The highest BCUT2D eigenvalue weighted by Crippen LogP contribution is 2.30. The molecule has 3 heterocycles. The van der Waals surface area contributed by atoms with E-state index in [2.05, 4.69) is 41.7 Å². The van der Waals surface area contributed by atoms with Crippen LogP contribution in [-0.4, -0.2) is 88.1 Å². The summed E-state index contributed by atoms with van der Waals surface area (Å²) < 4.78 is 18.6. The Balaban J connectivity index is 1.21. The van der Waals surface area contributed by atoms with Gasteiger partial charge in [0, 0.05) is 49.7 Å². The summed E-state index contributed by atoms with van der Waals surface area (Å²) in [7, 11) is 1.54. The molecule has 13 heteroatoms. The molecule has 2 N–H and O–H groups in total. The molecule has 4 aromatic rings. The van der Waals surface area contributed by atoms with Crippen LogP contribution in [0.5, 0.6) is 11.5 Å². The van der Waals surface area contributed by atoms with Crippen molar-refractivity contribution in [3.8, 4) is 28.7 Å². The monoisotopic (exact) mass is 583 g/mol. The predicted molar refractivity (Wildman–Crippen MR) is 158 cm³/mol. The van der Waals surface area contributed by atoms with Crippen molar-refractivity contribution in [3.63, 3.8) is 0 Å². The molecule has 2 aromatic heterocycles. The van der Waals surface area contributed by atoms with Gasteiger partial charge in [-0.15, -0.1) is 0 Å². The number of carbonyl (C=O) groups excluding carboxylic acids is 1. The minimum Gasteiger partial charge on any atom is -0.495 e. The quantitative estimate of drug-likeness (QED) is 0.253. The number of nitriles is 1. The molecule has 1 amide bonds. The molecule has 0 aliphatic carbocycles. The van der Waals surface area contributed by atoms with Gasteiger partial charge in [-0.25, -0.2) is 19.6 Å². The number of nitrogens with one attached hydrogen (secondary N) is 2. The van der Waals surface area contributed by atoms with E-state index in [9.17, 15) is 10.1 Å². The fourth-order valence-electron chi connectivity index (χ4n) is 4.59. The number of anilines is 2. The van der Waals surface area contributed by atoms with Crippen molar-refractivity contribution >= 4 is 17.5 Å². The number of methoxy groups -OCH3 is 1. The molecule has 0 unspecified atom stereocenters. The standard InChI is InChI=1S/C30H33N9O4/c1-21(18-39-20-32-19-36-39)43-27-13-22(3-4-24(27)15-31)25-16-34-30(35-17-25)37-26-6-5-23(14-28(26)41-2)29(40)33-7-8-38-9-11-42-12-10-38/h3-6,13-14,16-17,19-21H,7-12,18H2,1-2H3,(H,33,40)(H,34,35,37)/t21-/m0/s1. The third-order valence-corrected chi connectivity index (χ3v) is 6.85. The number of nitrogens with zero attached hydrogens (tertiary/aromatic N) is 7. The second kappa shape index (κ2) is 14.2. The Labute approximate surface area is 249 Å². The van der Waals surface area contributed by atoms with Gasteiger partial charge in [0.15, 0.2) is 0 Å². The third kappa shape index (κ3) is 7.82. The average Bonchev–Trinajstić information content (AvgIpc) is 3.55. The number of amides is 1. The van der Waals surface area contributed by atoms with E-state index in [-0.39, 0.29) is 12.0 Å². The number of ether oxygens (including phenoxy) is 3. The number of morpholine rings is 1. The normalized spacial score (nSPS) is 14.0. The summed E-state index contributed by atoms with van der Waals surface area (Å²) in [6.45, 7) is 6.92. The third-order valence-electron chi connectivity index (χ3n) is 6.85. The zero-order valence-electron chi connectivity index (χ0n) is 24.1. The molecule has 0 radical (unpaired) electrons. The Bertz CT molecular complexity index is 1550. The van der Waals surface area contributed by atoms with E-state index in [1.165, 1.54) is 6.33 Å². The maximum atomic E-state index is 12.7. The second-order valence-electron chi connectivity index (χ2n) is 9.91. The van der Waals surface area contributed by atoms with Crippen molar-refractivity contribution in [2.24, 2.45) is 0 Å². The topological polar surface area (TPSA) is 152 Å². The SMILES string of the molecule is COc1cc(C(=O)NCCN2CCOCC2)ccc1Nc1ncc(-c2ccc(C#N)c(O[C@@H](C)Cn3cncn3)c2)cn1. The summed E-state index contributed by atoms with van der Waals surface area (Å²) in [5.74, 6) is 1.14. The lowest BCUT2D eigenvalue weighted by Crippen LogP contribution is -2.41. The van der Waals surface area contributed by atoms with Crippen LogP contribution in [0.3, 0.4) is 0 Å². The van der Waals surface area contributed by atoms with E-state index in [1.54, 1.807) is 60.8 Å². The Hall–Kier alpha value is -5.06. The van der Waals surface area contributed by atoms with Gasteiger partial charge in [0.25, 0.3) is 5.91 Å². The van der Waals surface area contributed by atoms with Crippen LogP contribution < -0.4 is 20.1 Å². The van der Waals surface area contributed by atoms with Crippen LogP contribution in [0.2, 0.25) is 0 Å². The minimum absolute atomic E-state index is 0.169. The van der Waals surface area contributed by atoms with Crippen molar-refractivity contribution in [1.29, 1.82) is 5.26 Å². The van der Waals surface area contributed by atoms with Gasteiger partial charge in [-0.05, 0) is 42.8 Å². The van der Waals surface area contributed by atoms with Crippen LogP contribution >= 0.6 is 0 Å². The van der Waals surface area contributed by atoms with Gasteiger partial charge in [-0.1, -0.05) is 6.07 Å². The van der Waals surface area contributed by atoms with Gasteiger partial charge >= 0.3 is 0 Å². The average molecular weight is 584 g/mol. The Morgan fingerprint density at radius 1 is 1.12 bits per heavy atom. The number of benzene rings is 2. The molecular weight excluding hydrogens is 550 g/mol. The zero-order valence-corrected chi connectivity index (χ0v) is 24.1. The van der Waals surface area contributed by atoms with E-state index < -0.39 is 0 Å². The van der Waals surface area contributed by atoms with Crippen LogP contribution in [0.15, 0.2) is 61.4 Å². The molecule has 1 aliphatic heterocycles. The van der Waals surface area contributed by atoms with E-state index in [1.807, 2.05) is 13.0 Å². The van der Waals surface area contributed by atoms with Crippen LogP contribution in [0, 0.1) is 11.3 Å². The molecule has 2 aromatic carbocycles. The molecule has 1 saturated heterocycles. The molecule has 0 spiro atoms. The molecule has 1 fully saturated rings. The van der Waals surface area contributed by atoms with E-state index in [0.29, 0.717) is 47.4 Å². The fourth-order valence-corrected chi connectivity index (χ4v) is 4.59. The number of carbonyl (C=O) groups is 1. The lowest BCUT2D eigenvalue weighted by molar-refractivity contribution is 0.0383. The van der Waals surface area contributed by atoms with Gasteiger partial charge in [0.05, 0.1) is 38.1 Å². The number of hydrogen-bond donors (Lipinski definition) is 2. The van der Waals surface area contributed by atoms with Gasteiger partial charge in [-0.2, -0.15) is 10.4 Å². The van der Waals surface area contributed by atoms with Crippen LogP contribution in [0.1, 0.15) is 22.8 Å². The summed E-state index contributed by atoms with van der Waals surface area (Å²) >= 11 is 0. The molecular formula is C30H33N9O4. The van der Waals surface area contributed by atoms with Crippen LogP contribution in [-0.2, 0) is 11.3 Å². The molecule has 1 aliphatic rings. The molecule has 0 bridgehead atoms. The van der Waals surface area contributed by atoms with Gasteiger partial charge in [0.1, 0.15) is 36.3 Å². The first-order chi connectivity index (χ1) is 21.0. The largest absolute Gasteiger partial charge is 0.495 e. The van der Waals surface area contributed by atoms with Crippen molar-refractivity contribution in [2.45, 2.75) is 19.6 Å². The minimum atomic E-state index is -0.241. The maximum absolute atomic E-state index is 12.7. The van der Waals surface area contributed by atoms with Crippen molar-refractivity contribution in [1.82, 2.24) is 34.9 Å². The van der Waals surface area contributed by atoms with E-state index >= 15 is 0 Å². The highest BCUT2D eigenvalue weighted by molar-refractivity contribution is 5.95. The summed E-state index contributed by atoms with van der Waals surface area (Å²) in [5, 5.41) is 19.8. The first kappa shape index (κ1) is 29.4. The highest BCUT2D eigenvalue weighted by Gasteiger charge is 2.15. The lowest BCUT2D eigenvalue weighted by Gasteiger charge is -2.26. The van der Waals surface area contributed by atoms with Gasteiger partial charge < -0.3 is 24.8 Å². The smallest absolute Gasteiger partial charge is 0.251 e. The number of rotatable bonds is 12. The number of hydrogen-bond acceptors (Lipinski definition) is 11. The van der Waals surface area contributed by atoms with Gasteiger partial charge in [0.2, 0.25) is 5.95 Å². The van der Waals surface area contributed by atoms with Crippen LogP contribution in [0.4, 0.5) is 11.6 Å². The van der Waals surface area contributed by atoms with Crippen molar-refractivity contribution in [2.75, 3.05) is 51.8 Å². The first-order valence-electron chi connectivity index (χ1n) is 13.9. The number of aromatic nitrogens is 5. The first-order valence-corrected chi connectivity index (χ1v) is 13.9. The summed E-state index contributed by atoms with van der Waals surface area (Å²) in [4.78, 5) is 27.8. The maximum Gasteiger partial charge on any atom is 0.251 e. The van der Waals surface area contributed by atoms with Crippen molar-refractivity contribution < 1.29 is 19.0 Å².